The summed E-state index contributed by atoms with van der Waals surface area (Å²) in [6.07, 6.45) is 2.05. The van der Waals surface area contributed by atoms with E-state index in [1.165, 1.54) is 0 Å². The highest BCUT2D eigenvalue weighted by atomic mass is 16.1. The maximum atomic E-state index is 11.5. The van der Waals surface area contributed by atoms with Crippen LogP contribution in [0.3, 0.4) is 0 Å². The van der Waals surface area contributed by atoms with Gasteiger partial charge in [0.25, 0.3) is 0 Å². The van der Waals surface area contributed by atoms with Crippen molar-refractivity contribution in [3.05, 3.63) is 77.9 Å². The van der Waals surface area contributed by atoms with E-state index >= 15 is 0 Å². The molecule has 1 heteroatoms. The van der Waals surface area contributed by atoms with Crippen LogP contribution in [0, 0.1) is 5.92 Å². The first-order valence-corrected chi connectivity index (χ1v) is 6.51. The summed E-state index contributed by atoms with van der Waals surface area (Å²) in [7, 11) is 0. The van der Waals surface area contributed by atoms with E-state index in [4.69, 9.17) is 0 Å². The van der Waals surface area contributed by atoms with E-state index in [-0.39, 0.29) is 11.7 Å². The molecule has 0 bridgehead atoms. The molecule has 2 aromatic rings. The second-order valence-electron chi connectivity index (χ2n) is 4.71. The normalized spacial score (nSPS) is 11.7. The predicted octanol–water partition coefficient (Wildman–Crippen LogP) is 4.34. The largest absolute Gasteiger partial charge is 0.299 e. The highest BCUT2D eigenvalue weighted by molar-refractivity contribution is 5.86. The van der Waals surface area contributed by atoms with Gasteiger partial charge in [-0.3, -0.25) is 4.79 Å². The molecule has 0 aliphatic heterocycles. The van der Waals surface area contributed by atoms with E-state index in [1.807, 2.05) is 49.4 Å². The molecule has 1 atom stereocenters. The highest BCUT2D eigenvalue weighted by Gasteiger charge is 2.09. The van der Waals surface area contributed by atoms with Gasteiger partial charge in [-0.25, -0.2) is 0 Å². The van der Waals surface area contributed by atoms with Gasteiger partial charge in [-0.2, -0.15) is 0 Å². The molecule has 1 nitrogen and oxygen atoms in total. The van der Waals surface area contributed by atoms with Crippen LogP contribution in [0.1, 0.15) is 25.0 Å². The molecular formula is C18H18O. The number of benzene rings is 2. The van der Waals surface area contributed by atoms with Crippen molar-refractivity contribution in [2.75, 3.05) is 0 Å². The molecule has 96 valence electrons. The van der Waals surface area contributed by atoms with Crippen LogP contribution in [0.2, 0.25) is 0 Å². The molecule has 0 aliphatic rings. The number of rotatable bonds is 4. The van der Waals surface area contributed by atoms with Crippen LogP contribution in [-0.4, -0.2) is 5.78 Å². The molecule has 0 saturated carbocycles. The molecule has 2 rings (SSSR count). The molecule has 0 N–H and O–H groups in total. The summed E-state index contributed by atoms with van der Waals surface area (Å²) >= 11 is 0. The van der Waals surface area contributed by atoms with Crippen molar-refractivity contribution in [3.63, 3.8) is 0 Å². The highest BCUT2D eigenvalue weighted by Crippen LogP contribution is 2.25. The van der Waals surface area contributed by atoms with Crippen molar-refractivity contribution in [1.29, 1.82) is 0 Å². The molecular weight excluding hydrogens is 232 g/mol. The minimum atomic E-state index is -0.0737. The molecule has 0 saturated heterocycles. The van der Waals surface area contributed by atoms with Gasteiger partial charge >= 0.3 is 0 Å². The molecule has 0 heterocycles. The molecule has 19 heavy (non-hydrogen) atoms. The van der Waals surface area contributed by atoms with Crippen molar-refractivity contribution in [1.82, 2.24) is 0 Å². The van der Waals surface area contributed by atoms with Crippen LogP contribution in [0.25, 0.3) is 5.57 Å². The number of allylic oxidation sites excluding steroid dienone is 1. The number of hydrogen-bond acceptors (Lipinski definition) is 1. The van der Waals surface area contributed by atoms with E-state index in [1.54, 1.807) is 6.92 Å². The fourth-order valence-corrected chi connectivity index (χ4v) is 1.96. The van der Waals surface area contributed by atoms with Gasteiger partial charge in [-0.15, -0.1) is 0 Å². The third-order valence-corrected chi connectivity index (χ3v) is 3.23. The standard InChI is InChI=1S/C18H18O/c1-14(15(2)19)13-18(16-9-5-3-6-10-16)17-11-7-4-8-12-17/h3-14H,1-2H3. The molecule has 1 unspecified atom stereocenters. The van der Waals surface area contributed by atoms with Gasteiger partial charge in [-0.05, 0) is 23.6 Å². The second-order valence-corrected chi connectivity index (χ2v) is 4.71. The summed E-state index contributed by atoms with van der Waals surface area (Å²) in [5, 5.41) is 0. The molecule has 0 aromatic heterocycles. The topological polar surface area (TPSA) is 17.1 Å². The van der Waals surface area contributed by atoms with E-state index in [2.05, 4.69) is 24.3 Å². The first kappa shape index (κ1) is 13.3. The van der Waals surface area contributed by atoms with Crippen molar-refractivity contribution in [3.8, 4) is 0 Å². The summed E-state index contributed by atoms with van der Waals surface area (Å²) in [5.74, 6) is 0.111. The smallest absolute Gasteiger partial charge is 0.136 e. The quantitative estimate of drug-likeness (QED) is 0.788. The van der Waals surface area contributed by atoms with Crippen LogP contribution >= 0.6 is 0 Å². The van der Waals surface area contributed by atoms with Crippen LogP contribution in [0.5, 0.6) is 0 Å². The lowest BCUT2D eigenvalue weighted by Crippen LogP contribution is -2.04. The summed E-state index contributed by atoms with van der Waals surface area (Å²) < 4.78 is 0. The van der Waals surface area contributed by atoms with Gasteiger partial charge in [0.15, 0.2) is 0 Å². The molecule has 0 spiro atoms. The van der Waals surface area contributed by atoms with Crippen LogP contribution < -0.4 is 0 Å². The zero-order valence-corrected chi connectivity index (χ0v) is 11.3. The lowest BCUT2D eigenvalue weighted by Gasteiger charge is -2.11. The Bertz CT molecular complexity index is 526. The van der Waals surface area contributed by atoms with E-state index in [0.29, 0.717) is 0 Å². The minimum Gasteiger partial charge on any atom is -0.299 e. The number of ketones is 1. The summed E-state index contributed by atoms with van der Waals surface area (Å²) in [4.78, 5) is 11.5. The first-order chi connectivity index (χ1) is 9.18. The number of carbonyl (C=O) groups is 1. The van der Waals surface area contributed by atoms with E-state index in [9.17, 15) is 4.79 Å². The summed E-state index contributed by atoms with van der Waals surface area (Å²) in [6.45, 7) is 3.57. The Balaban J connectivity index is 2.49. The molecule has 0 amide bonds. The molecule has 0 fully saturated rings. The average molecular weight is 250 g/mol. The Morgan fingerprint density at radius 2 is 1.32 bits per heavy atom. The summed E-state index contributed by atoms with van der Waals surface area (Å²) in [6, 6.07) is 20.4. The number of hydrogen-bond donors (Lipinski definition) is 0. The zero-order valence-electron chi connectivity index (χ0n) is 11.3. The SMILES string of the molecule is CC(=O)C(C)C=C(c1ccccc1)c1ccccc1. The van der Waals surface area contributed by atoms with E-state index < -0.39 is 0 Å². The van der Waals surface area contributed by atoms with Crippen LogP contribution in [0.15, 0.2) is 66.7 Å². The lowest BCUT2D eigenvalue weighted by atomic mass is 9.93. The summed E-state index contributed by atoms with van der Waals surface area (Å²) in [5.41, 5.74) is 3.40. The van der Waals surface area contributed by atoms with Crippen molar-refractivity contribution in [2.24, 2.45) is 5.92 Å². The Morgan fingerprint density at radius 1 is 0.895 bits per heavy atom. The number of Topliss-reactive ketones (excluding diaryl/α,β-unsaturated/α-hetero) is 1. The number of carbonyl (C=O) groups excluding carboxylic acids is 1. The third-order valence-electron chi connectivity index (χ3n) is 3.23. The zero-order chi connectivity index (χ0) is 13.7. The van der Waals surface area contributed by atoms with E-state index in [0.717, 1.165) is 16.7 Å². The van der Waals surface area contributed by atoms with Crippen LogP contribution in [0.4, 0.5) is 0 Å². The van der Waals surface area contributed by atoms with Crippen molar-refractivity contribution in [2.45, 2.75) is 13.8 Å². The molecule has 0 aliphatic carbocycles. The lowest BCUT2D eigenvalue weighted by molar-refractivity contribution is -0.118. The van der Waals surface area contributed by atoms with Crippen LogP contribution in [-0.2, 0) is 4.79 Å². The van der Waals surface area contributed by atoms with Gasteiger partial charge in [-0.1, -0.05) is 73.7 Å². The minimum absolute atomic E-state index is 0.0737. The maximum absolute atomic E-state index is 11.5. The predicted molar refractivity (Wildman–Crippen MR) is 79.8 cm³/mol. The Kier molecular flexibility index (Phi) is 4.30. The maximum Gasteiger partial charge on any atom is 0.136 e. The average Bonchev–Trinajstić information content (AvgIpc) is 2.46. The molecule has 0 radical (unpaired) electrons. The van der Waals surface area contributed by atoms with Gasteiger partial charge in [0, 0.05) is 5.92 Å². The van der Waals surface area contributed by atoms with Crippen molar-refractivity contribution >= 4 is 11.4 Å². The van der Waals surface area contributed by atoms with Gasteiger partial charge in [0.05, 0.1) is 0 Å². The van der Waals surface area contributed by atoms with Gasteiger partial charge in [0.1, 0.15) is 5.78 Å². The Hall–Kier alpha value is -2.15. The Labute approximate surface area is 114 Å². The third kappa shape index (κ3) is 3.41. The molecule has 2 aromatic carbocycles. The Morgan fingerprint density at radius 3 is 1.68 bits per heavy atom. The van der Waals surface area contributed by atoms with Gasteiger partial charge in [0.2, 0.25) is 0 Å². The van der Waals surface area contributed by atoms with Crippen molar-refractivity contribution < 1.29 is 4.79 Å². The van der Waals surface area contributed by atoms with Gasteiger partial charge < -0.3 is 0 Å². The fourth-order valence-electron chi connectivity index (χ4n) is 1.96. The fraction of sp³-hybridized carbons (Fsp3) is 0.167. The first-order valence-electron chi connectivity index (χ1n) is 6.51. The second kappa shape index (κ2) is 6.14. The monoisotopic (exact) mass is 250 g/mol.